The number of para-hydroxylation sites is 1. The average Bonchev–Trinajstić information content (AvgIpc) is 2.98. The summed E-state index contributed by atoms with van der Waals surface area (Å²) in [6.45, 7) is 1.93. The predicted molar refractivity (Wildman–Crippen MR) is 81.5 cm³/mol. The molecule has 0 radical (unpaired) electrons. The Morgan fingerprint density at radius 2 is 2.10 bits per heavy atom. The second kappa shape index (κ2) is 6.34. The highest BCUT2D eigenvalue weighted by Gasteiger charge is 2.23. The summed E-state index contributed by atoms with van der Waals surface area (Å²) in [6.07, 6.45) is 2.33. The number of rotatable bonds is 6. The molecule has 0 aliphatic carbocycles. The van der Waals surface area contributed by atoms with E-state index in [-0.39, 0.29) is 10.9 Å². The topological polar surface area (TPSA) is 71.1 Å². The zero-order valence-corrected chi connectivity index (χ0v) is 13.0. The number of nitrogens with one attached hydrogen (secondary N) is 2. The molecule has 2 aromatic rings. The lowest BCUT2D eigenvalue weighted by atomic mass is 10.3. The fraction of sp³-hybridized carbons (Fsp3) is 0.308. The van der Waals surface area contributed by atoms with Gasteiger partial charge < -0.3 is 5.32 Å². The number of sulfonamides is 1. The van der Waals surface area contributed by atoms with Crippen molar-refractivity contribution >= 4 is 27.0 Å². The first-order chi connectivity index (χ1) is 9.58. The van der Waals surface area contributed by atoms with Gasteiger partial charge in [-0.3, -0.25) is 0 Å². The second-order valence-electron chi connectivity index (χ2n) is 4.20. The summed E-state index contributed by atoms with van der Waals surface area (Å²) in [5.74, 6) is 0. The molecule has 2 rings (SSSR count). The van der Waals surface area contributed by atoms with Crippen LogP contribution in [0.4, 0.5) is 5.69 Å². The van der Waals surface area contributed by atoms with Crippen LogP contribution >= 0.6 is 11.3 Å². The fourth-order valence-corrected chi connectivity index (χ4v) is 4.22. The highest BCUT2D eigenvalue weighted by molar-refractivity contribution is 7.89. The van der Waals surface area contributed by atoms with Crippen molar-refractivity contribution in [3.63, 3.8) is 0 Å². The van der Waals surface area contributed by atoms with E-state index in [2.05, 4.69) is 15.0 Å². The molecular weight excluding hydrogens is 294 g/mol. The van der Waals surface area contributed by atoms with Crippen molar-refractivity contribution in [1.82, 2.24) is 9.71 Å². The molecule has 0 saturated carbocycles. The van der Waals surface area contributed by atoms with Crippen LogP contribution in [-0.2, 0) is 10.0 Å². The van der Waals surface area contributed by atoms with E-state index in [1.807, 2.05) is 12.3 Å². The molecule has 0 spiro atoms. The summed E-state index contributed by atoms with van der Waals surface area (Å²) in [5, 5.41) is 5.51. The summed E-state index contributed by atoms with van der Waals surface area (Å²) in [5.41, 5.74) is 0.578. The van der Waals surface area contributed by atoms with Crippen molar-refractivity contribution in [3.8, 4) is 0 Å². The molecule has 0 saturated heterocycles. The molecule has 1 heterocycles. The summed E-state index contributed by atoms with van der Waals surface area (Å²) in [4.78, 5) is 4.43. The third kappa shape index (κ3) is 3.17. The number of hydrogen-bond donors (Lipinski definition) is 2. The number of benzene rings is 1. The normalized spacial score (nSPS) is 13.1. The number of nitrogens with zero attached hydrogens (tertiary/aromatic N) is 1. The van der Waals surface area contributed by atoms with E-state index in [0.717, 1.165) is 5.01 Å². The predicted octanol–water partition coefficient (Wildman–Crippen LogP) is 2.61. The van der Waals surface area contributed by atoms with Crippen molar-refractivity contribution < 1.29 is 8.42 Å². The van der Waals surface area contributed by atoms with E-state index in [1.165, 1.54) is 11.3 Å². The third-order valence-corrected chi connectivity index (χ3v) is 5.32. The van der Waals surface area contributed by atoms with Gasteiger partial charge in [-0.1, -0.05) is 19.1 Å². The lowest BCUT2D eigenvalue weighted by Gasteiger charge is -2.16. The molecule has 7 heteroatoms. The highest BCUT2D eigenvalue weighted by atomic mass is 32.2. The summed E-state index contributed by atoms with van der Waals surface area (Å²) >= 11 is 1.45. The Bertz CT molecular complexity index is 654. The van der Waals surface area contributed by atoms with Gasteiger partial charge in [0.1, 0.15) is 9.90 Å². The Balaban J connectivity index is 2.31. The van der Waals surface area contributed by atoms with Crippen LogP contribution in [0.5, 0.6) is 0 Å². The Hall–Kier alpha value is -1.44. The molecule has 20 heavy (non-hydrogen) atoms. The quantitative estimate of drug-likeness (QED) is 0.860. The zero-order valence-electron chi connectivity index (χ0n) is 11.3. The van der Waals surface area contributed by atoms with E-state index < -0.39 is 10.0 Å². The second-order valence-corrected chi connectivity index (χ2v) is 6.81. The maximum Gasteiger partial charge on any atom is 0.243 e. The van der Waals surface area contributed by atoms with Crippen LogP contribution in [0.25, 0.3) is 0 Å². The number of hydrogen-bond acceptors (Lipinski definition) is 5. The van der Waals surface area contributed by atoms with Gasteiger partial charge in [-0.15, -0.1) is 11.3 Å². The van der Waals surface area contributed by atoms with Crippen LogP contribution in [0.3, 0.4) is 0 Å². The number of anilines is 1. The van der Waals surface area contributed by atoms with Gasteiger partial charge >= 0.3 is 0 Å². The van der Waals surface area contributed by atoms with E-state index in [1.54, 1.807) is 37.5 Å². The Morgan fingerprint density at radius 1 is 1.35 bits per heavy atom. The molecule has 0 amide bonds. The molecule has 5 nitrogen and oxygen atoms in total. The first-order valence-electron chi connectivity index (χ1n) is 6.27. The molecule has 0 aliphatic heterocycles. The van der Waals surface area contributed by atoms with E-state index in [4.69, 9.17) is 0 Å². The van der Waals surface area contributed by atoms with Gasteiger partial charge in [-0.05, 0) is 18.6 Å². The van der Waals surface area contributed by atoms with Gasteiger partial charge in [0.25, 0.3) is 0 Å². The Kier molecular flexibility index (Phi) is 4.74. The lowest BCUT2D eigenvalue weighted by molar-refractivity contribution is 0.549. The van der Waals surface area contributed by atoms with Crippen LogP contribution in [-0.4, -0.2) is 20.4 Å². The first kappa shape index (κ1) is 15.0. The van der Waals surface area contributed by atoms with E-state index >= 15 is 0 Å². The minimum Gasteiger partial charge on any atom is -0.387 e. The van der Waals surface area contributed by atoms with Crippen LogP contribution in [0.1, 0.15) is 24.4 Å². The van der Waals surface area contributed by atoms with Gasteiger partial charge in [0.05, 0.1) is 11.7 Å². The molecule has 0 aliphatic rings. The van der Waals surface area contributed by atoms with Gasteiger partial charge in [-0.25, -0.2) is 18.1 Å². The molecular formula is C13H17N3O2S2. The summed E-state index contributed by atoms with van der Waals surface area (Å²) in [7, 11) is -1.89. The zero-order chi connectivity index (χ0) is 14.6. The molecule has 1 atom stereocenters. The standard InChI is InChI=1S/C13H17N3O2S2/c1-3-10(13-15-8-9-19-13)16-20(17,18)12-7-5-4-6-11(12)14-2/h4-10,14,16H,3H2,1-2H3. The summed E-state index contributed by atoms with van der Waals surface area (Å²) in [6, 6.07) is 6.52. The van der Waals surface area contributed by atoms with Gasteiger partial charge in [0.2, 0.25) is 10.0 Å². The van der Waals surface area contributed by atoms with Crippen LogP contribution in [0.2, 0.25) is 0 Å². The average molecular weight is 311 g/mol. The van der Waals surface area contributed by atoms with Crippen LogP contribution in [0, 0.1) is 0 Å². The SMILES string of the molecule is CCC(NS(=O)(=O)c1ccccc1NC)c1nccs1. The van der Waals surface area contributed by atoms with Gasteiger partial charge in [0, 0.05) is 18.6 Å². The van der Waals surface area contributed by atoms with Gasteiger partial charge in [-0.2, -0.15) is 0 Å². The van der Waals surface area contributed by atoms with Crippen LogP contribution in [0.15, 0.2) is 40.7 Å². The van der Waals surface area contributed by atoms with Gasteiger partial charge in [0.15, 0.2) is 0 Å². The van der Waals surface area contributed by atoms with Crippen LogP contribution < -0.4 is 10.0 Å². The highest BCUT2D eigenvalue weighted by Crippen LogP contribution is 2.25. The van der Waals surface area contributed by atoms with E-state index in [9.17, 15) is 8.42 Å². The maximum atomic E-state index is 12.5. The summed E-state index contributed by atoms with van der Waals surface area (Å²) < 4.78 is 27.7. The Labute approximate surface area is 123 Å². The lowest BCUT2D eigenvalue weighted by Crippen LogP contribution is -2.28. The molecule has 0 fully saturated rings. The molecule has 2 N–H and O–H groups in total. The van der Waals surface area contributed by atoms with Crippen molar-refractivity contribution in [2.24, 2.45) is 0 Å². The van der Waals surface area contributed by atoms with Crippen molar-refractivity contribution in [3.05, 3.63) is 40.8 Å². The number of aromatic nitrogens is 1. The van der Waals surface area contributed by atoms with E-state index in [0.29, 0.717) is 12.1 Å². The molecule has 0 bridgehead atoms. The monoisotopic (exact) mass is 311 g/mol. The molecule has 108 valence electrons. The maximum absolute atomic E-state index is 12.5. The Morgan fingerprint density at radius 3 is 2.70 bits per heavy atom. The fourth-order valence-electron chi connectivity index (χ4n) is 1.87. The number of thiazole rings is 1. The minimum atomic E-state index is -3.59. The molecule has 1 aromatic heterocycles. The third-order valence-electron chi connectivity index (χ3n) is 2.90. The first-order valence-corrected chi connectivity index (χ1v) is 8.63. The van der Waals surface area contributed by atoms with Crippen molar-refractivity contribution in [2.75, 3.05) is 12.4 Å². The van der Waals surface area contributed by atoms with Crippen molar-refractivity contribution in [1.29, 1.82) is 0 Å². The minimum absolute atomic E-state index is 0.248. The molecule has 1 unspecified atom stereocenters. The largest absolute Gasteiger partial charge is 0.387 e. The van der Waals surface area contributed by atoms with Crippen molar-refractivity contribution in [2.45, 2.75) is 24.3 Å². The molecule has 1 aromatic carbocycles. The smallest absolute Gasteiger partial charge is 0.243 e.